The summed E-state index contributed by atoms with van der Waals surface area (Å²) in [5.74, 6) is -1.60. The lowest BCUT2D eigenvalue weighted by atomic mass is 9.99. The largest absolute Gasteiger partial charge is 0.255 e. The first-order valence-corrected chi connectivity index (χ1v) is 8.33. The molecule has 0 radical (unpaired) electrons. The van der Waals surface area contributed by atoms with E-state index in [0.29, 0.717) is 5.69 Å². The van der Waals surface area contributed by atoms with Gasteiger partial charge in [0.2, 0.25) is 0 Å². The van der Waals surface area contributed by atoms with E-state index < -0.39 is 16.7 Å². The van der Waals surface area contributed by atoms with Crippen LogP contribution in [0.2, 0.25) is 5.02 Å². The summed E-state index contributed by atoms with van der Waals surface area (Å²) in [5.41, 5.74) is 4.90. The summed E-state index contributed by atoms with van der Waals surface area (Å²) < 4.78 is 28.9. The van der Waals surface area contributed by atoms with E-state index in [1.807, 2.05) is 24.3 Å². The number of pyridine rings is 1. The van der Waals surface area contributed by atoms with Crippen molar-refractivity contribution >= 4 is 33.2 Å². The van der Waals surface area contributed by atoms with E-state index in [9.17, 15) is 8.78 Å². The van der Waals surface area contributed by atoms with Crippen molar-refractivity contribution < 1.29 is 8.78 Å². The van der Waals surface area contributed by atoms with Crippen LogP contribution in [-0.4, -0.2) is 9.97 Å². The lowest BCUT2D eigenvalue weighted by Crippen LogP contribution is -1.94. The van der Waals surface area contributed by atoms with Crippen LogP contribution in [0.3, 0.4) is 0 Å². The number of benzene rings is 2. The molecule has 2 aromatic heterocycles. The van der Waals surface area contributed by atoms with Gasteiger partial charge in [0.25, 0.3) is 0 Å². The highest BCUT2D eigenvalue weighted by Crippen LogP contribution is 2.36. The predicted molar refractivity (Wildman–Crippen MR) is 93.2 cm³/mol. The second kappa shape index (κ2) is 5.92. The average Bonchev–Trinajstić information content (AvgIpc) is 3.08. The molecule has 118 valence electrons. The van der Waals surface area contributed by atoms with Gasteiger partial charge in [-0.3, -0.25) is 4.98 Å². The van der Waals surface area contributed by atoms with E-state index >= 15 is 0 Å². The molecular formula is C18H9ClF2N2S. The summed E-state index contributed by atoms with van der Waals surface area (Å²) >= 11 is 7.24. The van der Waals surface area contributed by atoms with Gasteiger partial charge in [-0.05, 0) is 35.9 Å². The van der Waals surface area contributed by atoms with Crippen LogP contribution in [0.5, 0.6) is 0 Å². The minimum atomic E-state index is -0.810. The van der Waals surface area contributed by atoms with Gasteiger partial charge in [0.1, 0.15) is 10.8 Å². The maximum absolute atomic E-state index is 14.4. The highest BCUT2D eigenvalue weighted by Gasteiger charge is 2.17. The van der Waals surface area contributed by atoms with Crippen molar-refractivity contribution in [2.24, 2.45) is 0 Å². The quantitative estimate of drug-likeness (QED) is 0.413. The van der Waals surface area contributed by atoms with Gasteiger partial charge in [-0.15, -0.1) is 11.3 Å². The molecule has 2 aromatic carbocycles. The molecule has 24 heavy (non-hydrogen) atoms. The van der Waals surface area contributed by atoms with Crippen LogP contribution in [0.25, 0.3) is 32.6 Å². The number of fused-ring (bicyclic) bond motifs is 1. The van der Waals surface area contributed by atoms with Crippen LogP contribution in [0.4, 0.5) is 8.78 Å². The third-order valence-corrected chi connectivity index (χ3v) is 4.88. The van der Waals surface area contributed by atoms with Gasteiger partial charge >= 0.3 is 0 Å². The predicted octanol–water partition coefficient (Wildman–Crippen LogP) is 5.96. The van der Waals surface area contributed by atoms with Crippen LogP contribution >= 0.6 is 22.9 Å². The standard InChI is InChI=1S/C18H9ClF2N2S/c19-16-13(20)5-4-12(17(16)21)18-11(2-1-7-22-18)10-3-6-14-15(8-10)24-9-23-14/h1-9H. The van der Waals surface area contributed by atoms with Crippen LogP contribution in [-0.2, 0) is 0 Å². The molecule has 0 unspecified atom stereocenters. The van der Waals surface area contributed by atoms with E-state index in [0.717, 1.165) is 27.4 Å². The Balaban J connectivity index is 1.94. The van der Waals surface area contributed by atoms with Gasteiger partial charge in [-0.25, -0.2) is 13.8 Å². The summed E-state index contributed by atoms with van der Waals surface area (Å²) in [5, 5.41) is -0.526. The van der Waals surface area contributed by atoms with Crippen LogP contribution in [0.15, 0.2) is 54.2 Å². The van der Waals surface area contributed by atoms with E-state index in [1.54, 1.807) is 17.8 Å². The number of nitrogens with zero attached hydrogens (tertiary/aromatic N) is 2. The zero-order chi connectivity index (χ0) is 16.7. The average molecular weight is 359 g/mol. The maximum atomic E-state index is 14.4. The third kappa shape index (κ3) is 2.46. The molecule has 0 aliphatic heterocycles. The Bertz CT molecular complexity index is 1060. The second-order valence-corrected chi connectivity index (χ2v) is 6.42. The Morgan fingerprint density at radius 3 is 2.71 bits per heavy atom. The zero-order valence-corrected chi connectivity index (χ0v) is 13.7. The Kier molecular flexibility index (Phi) is 3.75. The van der Waals surface area contributed by atoms with Gasteiger partial charge in [-0.1, -0.05) is 23.7 Å². The van der Waals surface area contributed by atoms with E-state index in [4.69, 9.17) is 11.6 Å². The van der Waals surface area contributed by atoms with Crippen LogP contribution in [0, 0.1) is 11.6 Å². The first-order chi connectivity index (χ1) is 11.6. The smallest absolute Gasteiger partial charge is 0.154 e. The Morgan fingerprint density at radius 2 is 1.83 bits per heavy atom. The number of halogens is 3. The molecule has 2 heterocycles. The molecular weight excluding hydrogens is 350 g/mol. The molecule has 4 rings (SSSR count). The third-order valence-electron chi connectivity index (χ3n) is 3.74. The normalized spacial score (nSPS) is 11.1. The molecule has 0 saturated heterocycles. The summed E-state index contributed by atoms with van der Waals surface area (Å²) in [6.07, 6.45) is 1.57. The minimum absolute atomic E-state index is 0.168. The molecule has 0 aliphatic carbocycles. The van der Waals surface area contributed by atoms with Crippen molar-refractivity contribution in [1.29, 1.82) is 0 Å². The van der Waals surface area contributed by atoms with Crippen LogP contribution < -0.4 is 0 Å². The summed E-state index contributed by atoms with van der Waals surface area (Å²) in [6.45, 7) is 0. The maximum Gasteiger partial charge on any atom is 0.154 e. The van der Waals surface area contributed by atoms with Crippen molar-refractivity contribution in [3.8, 4) is 22.4 Å². The van der Waals surface area contributed by atoms with E-state index in [1.165, 1.54) is 17.4 Å². The number of aromatic nitrogens is 2. The number of rotatable bonds is 2. The second-order valence-electron chi connectivity index (χ2n) is 5.16. The molecule has 2 nitrogen and oxygen atoms in total. The van der Waals surface area contributed by atoms with Crippen LogP contribution in [0.1, 0.15) is 0 Å². The number of hydrogen-bond acceptors (Lipinski definition) is 3. The van der Waals surface area contributed by atoms with Gasteiger partial charge < -0.3 is 0 Å². The Morgan fingerprint density at radius 1 is 0.958 bits per heavy atom. The Labute approximate surface area is 145 Å². The lowest BCUT2D eigenvalue weighted by Gasteiger charge is -2.11. The molecule has 0 N–H and O–H groups in total. The van der Waals surface area contributed by atoms with Gasteiger partial charge in [-0.2, -0.15) is 0 Å². The fourth-order valence-electron chi connectivity index (χ4n) is 2.58. The molecule has 0 spiro atoms. The molecule has 0 amide bonds. The van der Waals surface area contributed by atoms with Gasteiger partial charge in [0.15, 0.2) is 5.82 Å². The highest BCUT2D eigenvalue weighted by atomic mass is 35.5. The first-order valence-electron chi connectivity index (χ1n) is 7.07. The van der Waals surface area contributed by atoms with Crippen molar-refractivity contribution in [3.05, 3.63) is 70.8 Å². The lowest BCUT2D eigenvalue weighted by molar-refractivity contribution is 0.586. The van der Waals surface area contributed by atoms with Crippen molar-refractivity contribution in [1.82, 2.24) is 9.97 Å². The molecule has 0 fully saturated rings. The fraction of sp³-hybridized carbons (Fsp3) is 0. The SMILES string of the molecule is Fc1ccc(-c2ncccc2-c2ccc3ncsc3c2)c(F)c1Cl. The minimum Gasteiger partial charge on any atom is -0.255 e. The summed E-state index contributed by atoms with van der Waals surface area (Å²) in [4.78, 5) is 8.54. The zero-order valence-electron chi connectivity index (χ0n) is 12.1. The van der Waals surface area contributed by atoms with Crippen molar-refractivity contribution in [2.45, 2.75) is 0 Å². The molecule has 0 bridgehead atoms. The summed E-state index contributed by atoms with van der Waals surface area (Å²) in [7, 11) is 0. The fourth-order valence-corrected chi connectivity index (χ4v) is 3.47. The molecule has 0 atom stereocenters. The molecule has 0 saturated carbocycles. The molecule has 4 aromatic rings. The van der Waals surface area contributed by atoms with Crippen molar-refractivity contribution in [3.63, 3.8) is 0 Å². The number of hydrogen-bond donors (Lipinski definition) is 0. The first kappa shape index (κ1) is 15.2. The van der Waals surface area contributed by atoms with Crippen molar-refractivity contribution in [2.75, 3.05) is 0 Å². The number of thiazole rings is 1. The highest BCUT2D eigenvalue weighted by molar-refractivity contribution is 7.16. The molecule has 6 heteroatoms. The van der Waals surface area contributed by atoms with E-state index in [2.05, 4.69) is 9.97 Å². The van der Waals surface area contributed by atoms with E-state index in [-0.39, 0.29) is 5.56 Å². The summed E-state index contributed by atoms with van der Waals surface area (Å²) in [6, 6.07) is 11.9. The Hall–Kier alpha value is -2.37. The molecule has 0 aliphatic rings. The van der Waals surface area contributed by atoms with Gasteiger partial charge in [0, 0.05) is 17.3 Å². The topological polar surface area (TPSA) is 25.8 Å². The monoisotopic (exact) mass is 358 g/mol. The van der Waals surface area contributed by atoms with Gasteiger partial charge in [0.05, 0.1) is 21.4 Å².